The Morgan fingerprint density at radius 2 is 2.10 bits per heavy atom. The van der Waals surface area contributed by atoms with Gasteiger partial charge in [0, 0.05) is 19.4 Å². The van der Waals surface area contributed by atoms with Crippen LogP contribution in [-0.2, 0) is 24.2 Å². The second-order valence-electron chi connectivity index (χ2n) is 5.85. The fourth-order valence-electron chi connectivity index (χ4n) is 3.11. The molecule has 0 amide bonds. The van der Waals surface area contributed by atoms with Gasteiger partial charge in [0.1, 0.15) is 5.82 Å². The van der Waals surface area contributed by atoms with Crippen molar-refractivity contribution in [3.05, 3.63) is 11.6 Å². The number of nitrogens with zero attached hydrogens (tertiary/aromatic N) is 4. The van der Waals surface area contributed by atoms with Crippen LogP contribution in [0.5, 0.6) is 0 Å². The quantitative estimate of drug-likeness (QED) is 0.888. The number of likely N-dealkylation sites (tertiary alicyclic amines) is 1. The number of aliphatic carboxylic acids is 1. The summed E-state index contributed by atoms with van der Waals surface area (Å²) in [7, 11) is 0. The number of aryl methyl sites for hydroxylation is 1. The largest absolute Gasteiger partial charge is 0.481 e. The van der Waals surface area contributed by atoms with Gasteiger partial charge in [0.2, 0.25) is 0 Å². The third kappa shape index (κ3) is 3.00. The van der Waals surface area contributed by atoms with Gasteiger partial charge in [-0.2, -0.15) is 5.10 Å². The Labute approximate surface area is 118 Å². The number of carboxylic acids is 1. The topological polar surface area (TPSA) is 71.2 Å². The summed E-state index contributed by atoms with van der Waals surface area (Å²) >= 11 is 0. The molecule has 0 bridgehead atoms. The lowest BCUT2D eigenvalue weighted by atomic mass is 10.0. The smallest absolute Gasteiger partial charge is 0.308 e. The van der Waals surface area contributed by atoms with Gasteiger partial charge in [-0.05, 0) is 32.4 Å². The van der Waals surface area contributed by atoms with Crippen LogP contribution >= 0.6 is 0 Å². The van der Waals surface area contributed by atoms with Crippen molar-refractivity contribution in [2.45, 2.75) is 45.1 Å². The lowest BCUT2D eigenvalue weighted by Gasteiger charge is -2.25. The Bertz CT molecular complexity index is 480. The maximum Gasteiger partial charge on any atom is 0.308 e. The van der Waals surface area contributed by atoms with Gasteiger partial charge in [-0.25, -0.2) is 9.67 Å². The van der Waals surface area contributed by atoms with Crippen LogP contribution in [0.2, 0.25) is 0 Å². The molecule has 1 unspecified atom stereocenters. The summed E-state index contributed by atoms with van der Waals surface area (Å²) in [5.41, 5.74) is 0. The summed E-state index contributed by atoms with van der Waals surface area (Å²) in [4.78, 5) is 18.1. The highest BCUT2D eigenvalue weighted by Crippen LogP contribution is 2.19. The molecule has 1 atom stereocenters. The zero-order valence-electron chi connectivity index (χ0n) is 11.8. The number of aromatic nitrogens is 3. The van der Waals surface area contributed by atoms with Gasteiger partial charge in [0.15, 0.2) is 5.82 Å². The van der Waals surface area contributed by atoms with Crippen LogP contribution in [-0.4, -0.2) is 50.4 Å². The average Bonchev–Trinajstić information content (AvgIpc) is 2.88. The number of hydrogen-bond donors (Lipinski definition) is 1. The van der Waals surface area contributed by atoms with Gasteiger partial charge in [-0.3, -0.25) is 4.79 Å². The first-order valence-electron chi connectivity index (χ1n) is 7.60. The number of carbonyl (C=O) groups is 1. The van der Waals surface area contributed by atoms with E-state index in [1.165, 1.54) is 32.4 Å². The normalized spacial score (nSPS) is 23.5. The fourth-order valence-corrected chi connectivity index (χ4v) is 3.11. The van der Waals surface area contributed by atoms with E-state index in [4.69, 9.17) is 5.11 Å². The van der Waals surface area contributed by atoms with Crippen LogP contribution in [0.1, 0.15) is 37.3 Å². The number of piperidine rings is 1. The Morgan fingerprint density at radius 3 is 2.85 bits per heavy atom. The molecule has 0 aliphatic carbocycles. The third-order valence-electron chi connectivity index (χ3n) is 4.35. The van der Waals surface area contributed by atoms with E-state index in [2.05, 4.69) is 15.0 Å². The Kier molecular flexibility index (Phi) is 4.00. The molecule has 0 spiro atoms. The van der Waals surface area contributed by atoms with Crippen LogP contribution in [0, 0.1) is 5.92 Å². The summed E-state index contributed by atoms with van der Waals surface area (Å²) in [5.74, 6) is 0.799. The number of hydrogen-bond acceptors (Lipinski definition) is 4. The van der Waals surface area contributed by atoms with Gasteiger partial charge in [-0.1, -0.05) is 6.42 Å². The standard InChI is InChI=1S/C14H22N4O2/c19-14(20)11-4-5-13-15-12(16-18(13)10-11)6-9-17-7-2-1-3-8-17/h11H,1-10H2,(H,19,20). The monoisotopic (exact) mass is 278 g/mol. The molecule has 0 aromatic carbocycles. The zero-order chi connectivity index (χ0) is 13.9. The van der Waals surface area contributed by atoms with Gasteiger partial charge in [0.05, 0.1) is 12.5 Å². The van der Waals surface area contributed by atoms with E-state index in [0.717, 1.165) is 31.0 Å². The molecule has 0 saturated carbocycles. The van der Waals surface area contributed by atoms with Crippen LogP contribution in [0.4, 0.5) is 0 Å². The average molecular weight is 278 g/mol. The number of fused-ring (bicyclic) bond motifs is 1. The van der Waals surface area contributed by atoms with Crippen LogP contribution in [0.15, 0.2) is 0 Å². The van der Waals surface area contributed by atoms with Gasteiger partial charge >= 0.3 is 5.97 Å². The number of rotatable bonds is 4. The van der Waals surface area contributed by atoms with Crippen LogP contribution < -0.4 is 0 Å². The van der Waals surface area contributed by atoms with Crippen molar-refractivity contribution in [1.82, 2.24) is 19.7 Å². The van der Waals surface area contributed by atoms with Crippen molar-refractivity contribution in [3.63, 3.8) is 0 Å². The molecule has 20 heavy (non-hydrogen) atoms. The molecule has 1 saturated heterocycles. The lowest BCUT2D eigenvalue weighted by molar-refractivity contribution is -0.142. The fraction of sp³-hybridized carbons (Fsp3) is 0.786. The molecule has 6 heteroatoms. The molecule has 3 heterocycles. The Hall–Kier alpha value is -1.43. The third-order valence-corrected chi connectivity index (χ3v) is 4.35. The molecular formula is C14H22N4O2. The predicted molar refractivity (Wildman–Crippen MR) is 73.5 cm³/mol. The van der Waals surface area contributed by atoms with Crippen molar-refractivity contribution in [2.24, 2.45) is 5.92 Å². The first-order chi connectivity index (χ1) is 9.72. The lowest BCUT2D eigenvalue weighted by Crippen LogP contribution is -2.31. The molecule has 6 nitrogen and oxygen atoms in total. The highest BCUT2D eigenvalue weighted by molar-refractivity contribution is 5.70. The van der Waals surface area contributed by atoms with Crippen LogP contribution in [0.3, 0.4) is 0 Å². The van der Waals surface area contributed by atoms with E-state index >= 15 is 0 Å². The summed E-state index contributed by atoms with van der Waals surface area (Å²) in [6.07, 6.45) is 6.23. The molecule has 1 fully saturated rings. The van der Waals surface area contributed by atoms with E-state index in [9.17, 15) is 4.79 Å². The van der Waals surface area contributed by atoms with Crippen molar-refractivity contribution < 1.29 is 9.90 Å². The molecular weight excluding hydrogens is 256 g/mol. The van der Waals surface area contributed by atoms with E-state index in [1.807, 2.05) is 0 Å². The van der Waals surface area contributed by atoms with Crippen molar-refractivity contribution >= 4 is 5.97 Å². The molecule has 0 radical (unpaired) electrons. The van der Waals surface area contributed by atoms with E-state index in [1.54, 1.807) is 4.68 Å². The Balaban J connectivity index is 1.57. The second kappa shape index (κ2) is 5.91. The maximum absolute atomic E-state index is 11.0. The first kappa shape index (κ1) is 13.5. The SMILES string of the molecule is O=C(O)C1CCc2nc(CCN3CCCCC3)nn2C1. The molecule has 110 valence electrons. The number of carboxylic acid groups (broad SMARTS) is 1. The summed E-state index contributed by atoms with van der Waals surface area (Å²) in [5, 5.41) is 13.6. The van der Waals surface area contributed by atoms with Gasteiger partial charge < -0.3 is 10.0 Å². The molecule has 2 aliphatic heterocycles. The van der Waals surface area contributed by atoms with Gasteiger partial charge in [0.25, 0.3) is 0 Å². The summed E-state index contributed by atoms with van der Waals surface area (Å²) in [6.45, 7) is 3.87. The van der Waals surface area contributed by atoms with Crippen molar-refractivity contribution in [3.8, 4) is 0 Å². The maximum atomic E-state index is 11.0. The second-order valence-corrected chi connectivity index (χ2v) is 5.85. The minimum Gasteiger partial charge on any atom is -0.481 e. The zero-order valence-corrected chi connectivity index (χ0v) is 11.8. The molecule has 3 rings (SSSR count). The minimum absolute atomic E-state index is 0.306. The molecule has 1 aromatic heterocycles. The summed E-state index contributed by atoms with van der Waals surface area (Å²) in [6, 6.07) is 0. The summed E-state index contributed by atoms with van der Waals surface area (Å²) < 4.78 is 1.80. The van der Waals surface area contributed by atoms with Crippen molar-refractivity contribution in [2.75, 3.05) is 19.6 Å². The minimum atomic E-state index is -0.721. The van der Waals surface area contributed by atoms with Crippen LogP contribution in [0.25, 0.3) is 0 Å². The van der Waals surface area contributed by atoms with Gasteiger partial charge in [-0.15, -0.1) is 0 Å². The van der Waals surface area contributed by atoms with E-state index in [0.29, 0.717) is 13.0 Å². The van der Waals surface area contributed by atoms with E-state index in [-0.39, 0.29) is 5.92 Å². The highest BCUT2D eigenvalue weighted by Gasteiger charge is 2.26. The molecule has 1 aromatic rings. The van der Waals surface area contributed by atoms with E-state index < -0.39 is 5.97 Å². The molecule has 1 N–H and O–H groups in total. The molecule has 2 aliphatic rings. The predicted octanol–water partition coefficient (Wildman–Crippen LogP) is 0.953. The first-order valence-corrected chi connectivity index (χ1v) is 7.60. The highest BCUT2D eigenvalue weighted by atomic mass is 16.4. The Morgan fingerprint density at radius 1 is 1.30 bits per heavy atom. The van der Waals surface area contributed by atoms with Crippen molar-refractivity contribution in [1.29, 1.82) is 0 Å².